The Morgan fingerprint density at radius 3 is 0.500 bits per heavy atom. The molecular weight excluding hydrogens is 1240 g/mol. The third-order valence-electron chi connectivity index (χ3n) is 20.6. The topological polar surface area (TPSA) is 54.6 Å². The molecule has 4 N–H and O–H groups in total. The number of aryl methyl sites for hydroxylation is 1. The summed E-state index contributed by atoms with van der Waals surface area (Å²) in [5.41, 5.74) is 14.6. The van der Waals surface area contributed by atoms with Crippen LogP contribution in [0.2, 0.25) is 0 Å². The van der Waals surface area contributed by atoms with Gasteiger partial charge in [-0.15, -0.1) is 0 Å². The summed E-state index contributed by atoms with van der Waals surface area (Å²) >= 11 is 0. The highest BCUT2D eigenvalue weighted by molar-refractivity contribution is 5.54. The lowest BCUT2D eigenvalue weighted by Crippen LogP contribution is -2.49. The zero-order valence-electron chi connectivity index (χ0n) is 58.9. The smallest absolute Gasteiger partial charge is 0.0947 e. The molecule has 0 saturated carbocycles. The van der Waals surface area contributed by atoms with Crippen molar-refractivity contribution < 1.29 is 0 Å². The van der Waals surface area contributed by atoms with Crippen molar-refractivity contribution in [2.75, 3.05) is 52.4 Å². The van der Waals surface area contributed by atoms with E-state index < -0.39 is 22.2 Å². The van der Waals surface area contributed by atoms with E-state index in [0.717, 1.165) is 78.0 Å². The van der Waals surface area contributed by atoms with E-state index in [9.17, 15) is 0 Å². The molecule has 6 nitrogen and oxygen atoms in total. The van der Waals surface area contributed by atoms with Crippen LogP contribution in [0.1, 0.15) is 110 Å². The zero-order chi connectivity index (χ0) is 69.4. The lowest BCUT2D eigenvalue weighted by atomic mass is 9.77. The molecule has 0 fully saturated rings. The standard InChI is InChI=1S/C96H96N6/c1-78-66-68-79(69-67-78)92(101(74-38-70-97-93(80-42-14-2-15-43-80,81-44-16-3-17-45-81)82-46-18-4-19-47-82)75-39-71-98-94(83-48-20-5-21-49-83,84-50-22-6-23-51-84)85-52-24-7-25-53-85)102(76-40-72-99-95(86-54-26-8-27-55-86,87-56-28-9-29-57-87)88-58-30-10-31-59-88)77-41-73-100-96(89-60-32-11-33-61-89,90-62-34-12-35-63-90)91-64-36-13-37-65-91/h2-37,42-69,92,97-100H,38-41,70-77H2,1H3. The second-order valence-corrected chi connectivity index (χ2v) is 26.9. The van der Waals surface area contributed by atoms with Crippen molar-refractivity contribution in [3.05, 3.63) is 466 Å². The Morgan fingerprint density at radius 2 is 0.353 bits per heavy atom. The average Bonchev–Trinajstić information content (AvgIpc) is 0.872. The van der Waals surface area contributed by atoms with Crippen LogP contribution >= 0.6 is 0 Å². The number of benzene rings is 13. The number of hydrogen-bond acceptors (Lipinski definition) is 6. The fourth-order valence-corrected chi connectivity index (χ4v) is 15.8. The molecule has 102 heavy (non-hydrogen) atoms. The van der Waals surface area contributed by atoms with E-state index in [4.69, 9.17) is 0 Å². The summed E-state index contributed by atoms with van der Waals surface area (Å²) in [6.45, 7) is 8.53. The van der Waals surface area contributed by atoms with Crippen LogP contribution in [0.15, 0.2) is 388 Å². The number of nitrogens with zero attached hydrogens (tertiary/aromatic N) is 2. The first-order valence-electron chi connectivity index (χ1n) is 36.7. The van der Waals surface area contributed by atoms with Crippen molar-refractivity contribution in [1.29, 1.82) is 0 Å². The van der Waals surface area contributed by atoms with Gasteiger partial charge in [-0.05, 0) is 131 Å². The van der Waals surface area contributed by atoms with Gasteiger partial charge in [0.15, 0.2) is 0 Å². The molecular formula is C96H96N6. The summed E-state index contributed by atoms with van der Waals surface area (Å²) in [5.74, 6) is 0. The molecule has 0 heterocycles. The second kappa shape index (κ2) is 34.8. The van der Waals surface area contributed by atoms with Crippen LogP contribution < -0.4 is 21.3 Å². The Morgan fingerprint density at radius 1 is 0.206 bits per heavy atom. The first-order chi connectivity index (χ1) is 50.5. The molecule has 0 bridgehead atoms. The maximum atomic E-state index is 4.32. The van der Waals surface area contributed by atoms with Crippen molar-refractivity contribution in [2.45, 2.75) is 60.9 Å². The lowest BCUT2D eigenvalue weighted by Gasteiger charge is -2.42. The van der Waals surface area contributed by atoms with Gasteiger partial charge >= 0.3 is 0 Å². The maximum absolute atomic E-state index is 4.32. The van der Waals surface area contributed by atoms with Crippen LogP contribution in [0.25, 0.3) is 0 Å². The normalized spacial score (nSPS) is 12.1. The minimum absolute atomic E-state index is 0.0980. The third kappa shape index (κ3) is 15.7. The largest absolute Gasteiger partial charge is 0.300 e. The predicted molar refractivity (Wildman–Crippen MR) is 424 cm³/mol. The van der Waals surface area contributed by atoms with Gasteiger partial charge < -0.3 is 0 Å². The van der Waals surface area contributed by atoms with Gasteiger partial charge in [0.05, 0.1) is 28.3 Å². The summed E-state index contributed by atoms with van der Waals surface area (Å²) < 4.78 is 0. The van der Waals surface area contributed by atoms with E-state index in [0.29, 0.717) is 0 Å². The highest BCUT2D eigenvalue weighted by Gasteiger charge is 2.40. The molecule has 13 rings (SSSR count). The van der Waals surface area contributed by atoms with Crippen LogP contribution in [-0.2, 0) is 22.2 Å². The predicted octanol–water partition coefficient (Wildman–Crippen LogP) is 19.5. The molecule has 0 spiro atoms. The van der Waals surface area contributed by atoms with Crippen LogP contribution in [0.5, 0.6) is 0 Å². The van der Waals surface area contributed by atoms with Crippen molar-refractivity contribution in [1.82, 2.24) is 31.1 Å². The van der Waals surface area contributed by atoms with Crippen LogP contribution in [-0.4, -0.2) is 62.2 Å². The highest BCUT2D eigenvalue weighted by Crippen LogP contribution is 2.42. The van der Waals surface area contributed by atoms with Gasteiger partial charge in [-0.25, -0.2) is 0 Å². The van der Waals surface area contributed by atoms with E-state index in [1.54, 1.807) is 0 Å². The number of hydrogen-bond donors (Lipinski definition) is 4. The minimum Gasteiger partial charge on any atom is -0.300 e. The second-order valence-electron chi connectivity index (χ2n) is 26.9. The fourth-order valence-electron chi connectivity index (χ4n) is 15.8. The van der Waals surface area contributed by atoms with Crippen LogP contribution in [0, 0.1) is 6.92 Å². The van der Waals surface area contributed by atoms with Gasteiger partial charge in [-0.2, -0.15) is 0 Å². The van der Waals surface area contributed by atoms with E-state index in [1.807, 2.05) is 0 Å². The Hall–Kier alpha value is -10.4. The molecule has 13 aromatic carbocycles. The zero-order valence-corrected chi connectivity index (χ0v) is 58.9. The lowest BCUT2D eigenvalue weighted by molar-refractivity contribution is 0.0355. The van der Waals surface area contributed by atoms with Crippen LogP contribution in [0.3, 0.4) is 0 Å². The molecule has 0 radical (unpaired) electrons. The molecule has 0 saturated heterocycles. The molecule has 0 aliphatic heterocycles. The Balaban J connectivity index is 0.898. The molecule has 0 unspecified atom stereocenters. The third-order valence-corrected chi connectivity index (χ3v) is 20.6. The summed E-state index contributed by atoms with van der Waals surface area (Å²) in [4.78, 5) is 5.67. The quantitative estimate of drug-likeness (QED) is 0.0180. The molecule has 0 aliphatic carbocycles. The highest BCUT2D eigenvalue weighted by atomic mass is 15.4. The van der Waals surface area contributed by atoms with Gasteiger partial charge in [0, 0.05) is 26.2 Å². The fraction of sp³-hybridized carbons (Fsp3) is 0.188. The summed E-state index contributed by atoms with van der Waals surface area (Å²) in [6, 6.07) is 142. The summed E-state index contributed by atoms with van der Waals surface area (Å²) in [6.07, 6.45) is 3.42. The average molecular weight is 1330 g/mol. The maximum Gasteiger partial charge on any atom is 0.0947 e. The van der Waals surface area contributed by atoms with Crippen LogP contribution in [0.4, 0.5) is 0 Å². The molecule has 0 amide bonds. The number of nitrogens with one attached hydrogen (secondary N) is 4. The molecule has 0 aromatic heterocycles. The van der Waals surface area contributed by atoms with Crippen molar-refractivity contribution in [2.24, 2.45) is 0 Å². The molecule has 0 atom stereocenters. The Labute approximate surface area is 606 Å². The van der Waals surface area contributed by atoms with E-state index in [1.165, 1.54) is 77.9 Å². The molecule has 0 aliphatic rings. The minimum atomic E-state index is -0.612. The monoisotopic (exact) mass is 1330 g/mol. The van der Waals surface area contributed by atoms with Gasteiger partial charge in [0.25, 0.3) is 0 Å². The first-order valence-corrected chi connectivity index (χ1v) is 36.7. The molecule has 510 valence electrons. The van der Waals surface area contributed by atoms with Gasteiger partial charge in [0.1, 0.15) is 0 Å². The summed E-state index contributed by atoms with van der Waals surface area (Å²) in [5, 5.41) is 17.3. The van der Waals surface area contributed by atoms with Crippen molar-refractivity contribution in [3.8, 4) is 0 Å². The number of rotatable bonds is 35. The van der Waals surface area contributed by atoms with Gasteiger partial charge in [-0.1, -0.05) is 394 Å². The Kier molecular flexibility index (Phi) is 23.9. The SMILES string of the molecule is Cc1ccc(C(N(CCCNC(c2ccccc2)(c2ccccc2)c2ccccc2)CCCNC(c2ccccc2)(c2ccccc2)c2ccccc2)N(CCCNC(c2ccccc2)(c2ccccc2)c2ccccc2)CCCNC(c2ccccc2)(c2ccccc2)c2ccccc2)cc1. The van der Waals surface area contributed by atoms with Crippen molar-refractivity contribution >= 4 is 0 Å². The van der Waals surface area contributed by atoms with E-state index in [2.05, 4.69) is 426 Å². The van der Waals surface area contributed by atoms with E-state index >= 15 is 0 Å². The Bertz CT molecular complexity index is 3570. The van der Waals surface area contributed by atoms with E-state index in [-0.39, 0.29) is 6.17 Å². The van der Waals surface area contributed by atoms with Gasteiger partial charge in [0.2, 0.25) is 0 Å². The summed E-state index contributed by atoms with van der Waals surface area (Å²) in [7, 11) is 0. The first kappa shape index (κ1) is 70.1. The molecule has 6 heteroatoms. The van der Waals surface area contributed by atoms with Gasteiger partial charge in [-0.3, -0.25) is 31.1 Å². The molecule has 13 aromatic rings. The van der Waals surface area contributed by atoms with Crippen molar-refractivity contribution in [3.63, 3.8) is 0 Å².